The smallest absolute Gasteiger partial charge is 0.322 e. The van der Waals surface area contributed by atoms with E-state index >= 15 is 0 Å². The molecule has 5 unspecified atom stereocenters. The highest BCUT2D eigenvalue weighted by Crippen LogP contribution is 2.35. The summed E-state index contributed by atoms with van der Waals surface area (Å²) in [6.07, 6.45) is 3.06. The van der Waals surface area contributed by atoms with Crippen molar-refractivity contribution in [1.82, 2.24) is 24.8 Å². The van der Waals surface area contributed by atoms with Crippen molar-refractivity contribution in [3.8, 4) is 0 Å². The topological polar surface area (TPSA) is 126 Å². The SMILES string of the molecule is COC1C(COC(C)Cn2cnc3c(N)ncnc32)C1NC(C)C(=O)OCC(C)(C)C. The molecular weight excluding hydrogens is 400 g/mol. The van der Waals surface area contributed by atoms with Crippen molar-refractivity contribution in [2.75, 3.05) is 26.1 Å². The zero-order chi connectivity index (χ0) is 22.8. The van der Waals surface area contributed by atoms with Crippen LogP contribution in [0.5, 0.6) is 0 Å². The number of nitrogens with one attached hydrogen (secondary N) is 1. The van der Waals surface area contributed by atoms with Gasteiger partial charge in [0.05, 0.1) is 38.3 Å². The van der Waals surface area contributed by atoms with Gasteiger partial charge in [-0.25, -0.2) is 15.0 Å². The highest BCUT2D eigenvalue weighted by molar-refractivity contribution is 5.81. The lowest BCUT2D eigenvalue weighted by molar-refractivity contribution is -0.148. The maximum Gasteiger partial charge on any atom is 0.322 e. The lowest BCUT2D eigenvalue weighted by atomic mass is 9.99. The van der Waals surface area contributed by atoms with Crippen LogP contribution < -0.4 is 11.1 Å². The summed E-state index contributed by atoms with van der Waals surface area (Å²) in [5.41, 5.74) is 7.06. The Balaban J connectivity index is 1.47. The van der Waals surface area contributed by atoms with Gasteiger partial charge in [-0.3, -0.25) is 10.1 Å². The number of rotatable bonds is 10. The monoisotopic (exact) mass is 434 g/mol. The minimum atomic E-state index is -0.408. The number of fused-ring (bicyclic) bond motifs is 1. The fraction of sp³-hybridized carbons (Fsp3) is 0.714. The van der Waals surface area contributed by atoms with E-state index in [1.165, 1.54) is 6.33 Å². The fourth-order valence-electron chi connectivity index (χ4n) is 3.49. The number of aromatic nitrogens is 4. The average molecular weight is 435 g/mol. The van der Waals surface area contributed by atoms with E-state index < -0.39 is 6.04 Å². The first-order valence-electron chi connectivity index (χ1n) is 10.6. The Morgan fingerprint density at radius 3 is 2.71 bits per heavy atom. The average Bonchev–Trinajstić information content (AvgIpc) is 3.20. The molecule has 3 N–H and O–H groups in total. The number of hydrogen-bond donors (Lipinski definition) is 2. The summed E-state index contributed by atoms with van der Waals surface area (Å²) in [5, 5.41) is 3.32. The van der Waals surface area contributed by atoms with Crippen molar-refractivity contribution >= 4 is 23.0 Å². The quantitative estimate of drug-likeness (QED) is 0.533. The van der Waals surface area contributed by atoms with Gasteiger partial charge in [0.15, 0.2) is 11.5 Å². The van der Waals surface area contributed by atoms with Gasteiger partial charge in [-0.2, -0.15) is 0 Å². The normalized spacial score (nSPS) is 23.0. The molecule has 10 heteroatoms. The van der Waals surface area contributed by atoms with Gasteiger partial charge in [-0.1, -0.05) is 20.8 Å². The Kier molecular flexibility index (Phi) is 7.13. The zero-order valence-corrected chi connectivity index (χ0v) is 19.2. The van der Waals surface area contributed by atoms with Crippen molar-refractivity contribution < 1.29 is 19.0 Å². The second-order valence-corrected chi connectivity index (χ2v) is 9.42. The van der Waals surface area contributed by atoms with Crippen molar-refractivity contribution in [2.45, 2.75) is 65.5 Å². The van der Waals surface area contributed by atoms with Gasteiger partial charge in [0.25, 0.3) is 0 Å². The van der Waals surface area contributed by atoms with Crippen molar-refractivity contribution in [2.24, 2.45) is 11.3 Å². The highest BCUT2D eigenvalue weighted by Gasteiger charge is 2.52. The summed E-state index contributed by atoms with van der Waals surface area (Å²) < 4.78 is 18.9. The van der Waals surface area contributed by atoms with Crippen molar-refractivity contribution in [1.29, 1.82) is 0 Å². The zero-order valence-electron chi connectivity index (χ0n) is 19.2. The standard InChI is InChI=1S/C21H34N6O4/c1-12(7-27-11-25-16-18(22)23-10-24-19(16)27)30-8-14-15(17(14)29-6)26-13(2)20(28)31-9-21(3,4)5/h10-15,17,26H,7-9H2,1-6H3,(H2,22,23,24). The highest BCUT2D eigenvalue weighted by atomic mass is 16.5. The molecule has 1 aliphatic carbocycles. The predicted molar refractivity (Wildman–Crippen MR) is 116 cm³/mol. The molecular formula is C21H34N6O4. The number of carbonyl (C=O) groups excluding carboxylic acids is 1. The molecule has 2 aromatic heterocycles. The van der Waals surface area contributed by atoms with E-state index in [1.54, 1.807) is 13.4 Å². The van der Waals surface area contributed by atoms with Crippen LogP contribution in [-0.4, -0.2) is 70.1 Å². The van der Waals surface area contributed by atoms with Crippen LogP contribution in [0.4, 0.5) is 5.82 Å². The number of imidazole rings is 1. The Bertz CT molecular complexity index is 896. The summed E-state index contributed by atoms with van der Waals surface area (Å²) >= 11 is 0. The fourth-order valence-corrected chi connectivity index (χ4v) is 3.49. The molecule has 3 rings (SSSR count). The number of anilines is 1. The number of nitrogens with zero attached hydrogens (tertiary/aromatic N) is 4. The summed E-state index contributed by atoms with van der Waals surface area (Å²) in [6, 6.07) is -0.356. The number of hydrogen-bond acceptors (Lipinski definition) is 9. The number of nitrogens with two attached hydrogens (primary N) is 1. The lowest BCUT2D eigenvalue weighted by Crippen LogP contribution is -2.39. The van der Waals surface area contributed by atoms with Gasteiger partial charge in [0, 0.05) is 19.1 Å². The molecule has 0 aromatic carbocycles. The third kappa shape index (κ3) is 5.90. The summed E-state index contributed by atoms with van der Waals surface area (Å²) in [7, 11) is 1.67. The maximum atomic E-state index is 12.2. The molecule has 1 fully saturated rings. The van der Waals surface area contributed by atoms with Crippen LogP contribution in [0.25, 0.3) is 11.2 Å². The molecule has 0 aliphatic heterocycles. The molecule has 2 aromatic rings. The Hall–Kier alpha value is -2.30. The molecule has 31 heavy (non-hydrogen) atoms. The largest absolute Gasteiger partial charge is 0.464 e. The van der Waals surface area contributed by atoms with E-state index in [4.69, 9.17) is 19.9 Å². The Morgan fingerprint density at radius 2 is 2.03 bits per heavy atom. The van der Waals surface area contributed by atoms with E-state index in [0.29, 0.717) is 36.7 Å². The van der Waals surface area contributed by atoms with Crippen molar-refractivity contribution in [3.63, 3.8) is 0 Å². The minimum Gasteiger partial charge on any atom is -0.464 e. The molecule has 172 valence electrons. The maximum absolute atomic E-state index is 12.2. The molecule has 1 aliphatic rings. The van der Waals surface area contributed by atoms with Crippen LogP contribution >= 0.6 is 0 Å². The van der Waals surface area contributed by atoms with E-state index in [2.05, 4.69) is 20.3 Å². The van der Waals surface area contributed by atoms with Crippen LogP contribution in [0.15, 0.2) is 12.7 Å². The molecule has 1 saturated carbocycles. The van der Waals surface area contributed by atoms with Crippen LogP contribution in [0.2, 0.25) is 0 Å². The Morgan fingerprint density at radius 1 is 1.29 bits per heavy atom. The summed E-state index contributed by atoms with van der Waals surface area (Å²) in [4.78, 5) is 24.7. The molecule has 0 spiro atoms. The van der Waals surface area contributed by atoms with Crippen LogP contribution in [-0.2, 0) is 25.5 Å². The molecule has 0 saturated heterocycles. The first-order valence-corrected chi connectivity index (χ1v) is 10.6. The van der Waals surface area contributed by atoms with E-state index in [1.807, 2.05) is 39.2 Å². The minimum absolute atomic E-state index is 0.00619. The van der Waals surface area contributed by atoms with Gasteiger partial charge < -0.3 is 24.5 Å². The number of carbonyl (C=O) groups is 1. The van der Waals surface area contributed by atoms with E-state index in [0.717, 1.165) is 0 Å². The number of nitrogen functional groups attached to an aromatic ring is 1. The number of esters is 1. The first kappa shape index (κ1) is 23.4. The van der Waals surface area contributed by atoms with E-state index in [-0.39, 0.29) is 35.6 Å². The van der Waals surface area contributed by atoms with Crippen molar-refractivity contribution in [3.05, 3.63) is 12.7 Å². The van der Waals surface area contributed by atoms with Crippen LogP contribution in [0, 0.1) is 11.3 Å². The predicted octanol–water partition coefficient (Wildman–Crippen LogP) is 1.39. The summed E-state index contributed by atoms with van der Waals surface area (Å²) in [5.74, 6) is 0.281. The number of ether oxygens (including phenoxy) is 3. The van der Waals surface area contributed by atoms with Gasteiger partial charge in [0.1, 0.15) is 17.9 Å². The third-order valence-electron chi connectivity index (χ3n) is 5.27. The number of methoxy groups -OCH3 is 1. The summed E-state index contributed by atoms with van der Waals surface area (Å²) in [6.45, 7) is 11.4. The van der Waals surface area contributed by atoms with E-state index in [9.17, 15) is 4.79 Å². The molecule has 5 atom stereocenters. The first-order chi connectivity index (χ1) is 14.6. The van der Waals surface area contributed by atoms with Crippen LogP contribution in [0.1, 0.15) is 34.6 Å². The molecule has 0 bridgehead atoms. The van der Waals surface area contributed by atoms with Gasteiger partial charge in [-0.15, -0.1) is 0 Å². The second-order valence-electron chi connectivity index (χ2n) is 9.42. The van der Waals surface area contributed by atoms with Gasteiger partial charge in [-0.05, 0) is 19.3 Å². The molecule has 2 heterocycles. The van der Waals surface area contributed by atoms with Crippen LogP contribution in [0.3, 0.4) is 0 Å². The molecule has 0 radical (unpaired) electrons. The lowest BCUT2D eigenvalue weighted by Gasteiger charge is -2.20. The van der Waals surface area contributed by atoms with Gasteiger partial charge >= 0.3 is 5.97 Å². The molecule has 0 amide bonds. The Labute approximate surface area is 182 Å². The van der Waals surface area contributed by atoms with Gasteiger partial charge in [0.2, 0.25) is 0 Å². The third-order valence-corrected chi connectivity index (χ3v) is 5.27. The second kappa shape index (κ2) is 9.46. The molecule has 10 nitrogen and oxygen atoms in total.